The minimum absolute atomic E-state index is 0.818. The lowest BCUT2D eigenvalue weighted by atomic mass is 9.96. The second kappa shape index (κ2) is 4.14. The van der Waals surface area contributed by atoms with Gasteiger partial charge < -0.3 is 10.3 Å². The molecular weight excluding hydrogens is 244 g/mol. The number of hydrogen-bond donors (Lipinski definition) is 1. The highest BCUT2D eigenvalue weighted by atomic mass is 15.0. The molecule has 4 rings (SSSR count). The van der Waals surface area contributed by atoms with Crippen LogP contribution in [0, 0.1) is 6.92 Å². The summed E-state index contributed by atoms with van der Waals surface area (Å²) in [6.07, 6.45) is 2.42. The zero-order valence-electron chi connectivity index (χ0n) is 11.7. The number of nitrogen functional groups attached to an aromatic ring is 1. The van der Waals surface area contributed by atoms with Gasteiger partial charge in [0.1, 0.15) is 0 Å². The van der Waals surface area contributed by atoms with Gasteiger partial charge in [0.15, 0.2) is 0 Å². The summed E-state index contributed by atoms with van der Waals surface area (Å²) >= 11 is 0. The largest absolute Gasteiger partial charge is 0.399 e. The maximum atomic E-state index is 5.78. The molecule has 3 aromatic rings. The molecule has 2 N–H and O–H groups in total. The van der Waals surface area contributed by atoms with E-state index in [0.717, 1.165) is 12.2 Å². The van der Waals surface area contributed by atoms with Gasteiger partial charge in [-0.2, -0.15) is 0 Å². The summed E-state index contributed by atoms with van der Waals surface area (Å²) in [5.41, 5.74) is 13.4. The third-order valence-electron chi connectivity index (χ3n) is 4.35. The van der Waals surface area contributed by atoms with Crippen LogP contribution in [-0.4, -0.2) is 4.57 Å². The van der Waals surface area contributed by atoms with E-state index in [1.165, 1.54) is 46.1 Å². The summed E-state index contributed by atoms with van der Waals surface area (Å²) in [6, 6.07) is 15.1. The van der Waals surface area contributed by atoms with E-state index < -0.39 is 0 Å². The molecule has 2 heteroatoms. The van der Waals surface area contributed by atoms with Crippen molar-refractivity contribution in [3.8, 4) is 11.1 Å². The predicted molar refractivity (Wildman–Crippen MR) is 84.8 cm³/mol. The maximum absolute atomic E-state index is 5.78. The molecule has 0 saturated carbocycles. The fourth-order valence-electron chi connectivity index (χ4n) is 3.39. The Balaban J connectivity index is 1.96. The molecule has 20 heavy (non-hydrogen) atoms. The molecule has 100 valence electrons. The molecule has 0 radical (unpaired) electrons. The van der Waals surface area contributed by atoms with E-state index in [-0.39, 0.29) is 0 Å². The molecule has 1 aliphatic rings. The van der Waals surface area contributed by atoms with Crippen molar-refractivity contribution >= 4 is 16.6 Å². The normalized spacial score (nSPS) is 13.8. The van der Waals surface area contributed by atoms with Crippen molar-refractivity contribution in [2.24, 2.45) is 0 Å². The minimum Gasteiger partial charge on any atom is -0.399 e. The van der Waals surface area contributed by atoms with Crippen molar-refractivity contribution in [1.29, 1.82) is 0 Å². The van der Waals surface area contributed by atoms with Gasteiger partial charge in [0.2, 0.25) is 0 Å². The van der Waals surface area contributed by atoms with Gasteiger partial charge in [-0.3, -0.25) is 0 Å². The molecule has 2 heterocycles. The SMILES string of the molecule is Cc1cc2cc(-c3ccc(N)cc3)cc3c2n1CCC3. The molecule has 0 amide bonds. The second-order valence-electron chi connectivity index (χ2n) is 5.74. The highest BCUT2D eigenvalue weighted by Gasteiger charge is 2.16. The molecule has 0 saturated heterocycles. The van der Waals surface area contributed by atoms with Crippen LogP contribution < -0.4 is 5.73 Å². The highest BCUT2D eigenvalue weighted by molar-refractivity contribution is 5.90. The van der Waals surface area contributed by atoms with Gasteiger partial charge in [0, 0.05) is 23.3 Å². The second-order valence-corrected chi connectivity index (χ2v) is 5.74. The van der Waals surface area contributed by atoms with Crippen LogP contribution in [0.3, 0.4) is 0 Å². The van der Waals surface area contributed by atoms with Gasteiger partial charge in [-0.25, -0.2) is 0 Å². The third-order valence-corrected chi connectivity index (χ3v) is 4.35. The summed E-state index contributed by atoms with van der Waals surface area (Å²) in [5.74, 6) is 0. The Morgan fingerprint density at radius 2 is 1.80 bits per heavy atom. The smallest absolute Gasteiger partial charge is 0.0515 e. The van der Waals surface area contributed by atoms with Crippen molar-refractivity contribution in [2.75, 3.05) is 5.73 Å². The van der Waals surface area contributed by atoms with Crippen molar-refractivity contribution in [3.63, 3.8) is 0 Å². The summed E-state index contributed by atoms with van der Waals surface area (Å²) < 4.78 is 2.46. The molecule has 0 aliphatic carbocycles. The molecule has 0 bridgehead atoms. The molecule has 1 aromatic heterocycles. The lowest BCUT2D eigenvalue weighted by molar-refractivity contribution is 0.623. The number of rotatable bonds is 1. The number of hydrogen-bond acceptors (Lipinski definition) is 1. The van der Waals surface area contributed by atoms with Gasteiger partial charge in [-0.15, -0.1) is 0 Å². The Labute approximate surface area is 118 Å². The van der Waals surface area contributed by atoms with Crippen molar-refractivity contribution in [2.45, 2.75) is 26.3 Å². The summed E-state index contributed by atoms with van der Waals surface area (Å²) in [4.78, 5) is 0. The molecular formula is C18H18N2. The van der Waals surface area contributed by atoms with Crippen molar-refractivity contribution in [3.05, 3.63) is 53.7 Å². The zero-order chi connectivity index (χ0) is 13.7. The predicted octanol–water partition coefficient (Wildman–Crippen LogP) is 4.15. The highest BCUT2D eigenvalue weighted by Crippen LogP contribution is 2.33. The first kappa shape index (κ1) is 11.6. The first-order chi connectivity index (χ1) is 9.72. The first-order valence-corrected chi connectivity index (χ1v) is 7.21. The van der Waals surface area contributed by atoms with Crippen LogP contribution in [0.4, 0.5) is 5.69 Å². The number of nitrogens with zero attached hydrogens (tertiary/aromatic N) is 1. The lowest BCUT2D eigenvalue weighted by Gasteiger charge is -2.18. The molecule has 0 fully saturated rings. The average Bonchev–Trinajstić information content (AvgIpc) is 2.78. The maximum Gasteiger partial charge on any atom is 0.0515 e. The number of aryl methyl sites for hydroxylation is 3. The topological polar surface area (TPSA) is 30.9 Å². The fourth-order valence-corrected chi connectivity index (χ4v) is 3.39. The van der Waals surface area contributed by atoms with Gasteiger partial charge in [-0.05, 0) is 66.8 Å². The number of anilines is 1. The Morgan fingerprint density at radius 1 is 1.00 bits per heavy atom. The van der Waals surface area contributed by atoms with Gasteiger partial charge in [0.25, 0.3) is 0 Å². The third kappa shape index (κ3) is 1.64. The minimum atomic E-state index is 0.818. The van der Waals surface area contributed by atoms with E-state index in [9.17, 15) is 0 Å². The van der Waals surface area contributed by atoms with E-state index in [0.29, 0.717) is 0 Å². The van der Waals surface area contributed by atoms with E-state index >= 15 is 0 Å². The van der Waals surface area contributed by atoms with Crippen LogP contribution in [0.15, 0.2) is 42.5 Å². The molecule has 2 nitrogen and oxygen atoms in total. The molecule has 0 unspecified atom stereocenters. The summed E-state index contributed by atoms with van der Waals surface area (Å²) in [5, 5.41) is 1.37. The Morgan fingerprint density at radius 3 is 2.60 bits per heavy atom. The van der Waals surface area contributed by atoms with Crippen LogP contribution in [0.2, 0.25) is 0 Å². The van der Waals surface area contributed by atoms with Crippen LogP contribution in [0.1, 0.15) is 17.7 Å². The van der Waals surface area contributed by atoms with E-state index in [1.54, 1.807) is 0 Å². The van der Waals surface area contributed by atoms with Gasteiger partial charge in [0.05, 0.1) is 5.52 Å². The molecule has 0 spiro atoms. The molecule has 2 aromatic carbocycles. The Kier molecular flexibility index (Phi) is 2.40. The van der Waals surface area contributed by atoms with Crippen molar-refractivity contribution < 1.29 is 0 Å². The monoisotopic (exact) mass is 262 g/mol. The van der Waals surface area contributed by atoms with E-state index in [2.05, 4.69) is 41.8 Å². The lowest BCUT2D eigenvalue weighted by Crippen LogP contribution is -2.08. The summed E-state index contributed by atoms with van der Waals surface area (Å²) in [6.45, 7) is 3.36. The Hall–Kier alpha value is -2.22. The standard InChI is InChI=1S/C18H18N2/c1-12-9-16-11-15(13-4-6-17(19)7-5-13)10-14-3-2-8-20(12)18(14)16/h4-7,9-11H,2-3,8,19H2,1H3. The Bertz CT molecular complexity index is 794. The van der Waals surface area contributed by atoms with Crippen molar-refractivity contribution in [1.82, 2.24) is 4.57 Å². The number of nitrogens with two attached hydrogens (primary N) is 1. The summed E-state index contributed by atoms with van der Waals surface area (Å²) in [7, 11) is 0. The van der Waals surface area contributed by atoms with Gasteiger partial charge in [-0.1, -0.05) is 12.1 Å². The van der Waals surface area contributed by atoms with Crippen LogP contribution in [0.25, 0.3) is 22.0 Å². The van der Waals surface area contributed by atoms with Gasteiger partial charge >= 0.3 is 0 Å². The number of aromatic nitrogens is 1. The van der Waals surface area contributed by atoms with Crippen LogP contribution in [0.5, 0.6) is 0 Å². The first-order valence-electron chi connectivity index (χ1n) is 7.21. The molecule has 0 atom stereocenters. The molecule has 1 aliphatic heterocycles. The van der Waals surface area contributed by atoms with Crippen LogP contribution in [-0.2, 0) is 13.0 Å². The van der Waals surface area contributed by atoms with Crippen LogP contribution >= 0.6 is 0 Å². The van der Waals surface area contributed by atoms with E-state index in [1.807, 2.05) is 12.1 Å². The van der Waals surface area contributed by atoms with E-state index in [4.69, 9.17) is 5.73 Å². The quantitative estimate of drug-likeness (QED) is 0.656. The average molecular weight is 262 g/mol. The fraction of sp³-hybridized carbons (Fsp3) is 0.222. The zero-order valence-corrected chi connectivity index (χ0v) is 11.7. The number of benzene rings is 2.